The topological polar surface area (TPSA) is 86.3 Å². The van der Waals surface area contributed by atoms with Gasteiger partial charge in [0.15, 0.2) is 5.69 Å². The molecule has 0 saturated carbocycles. The quantitative estimate of drug-likeness (QED) is 0.216. The molecule has 192 valence electrons. The lowest BCUT2D eigenvalue weighted by atomic mass is 10.0. The lowest BCUT2D eigenvalue weighted by Crippen LogP contribution is -2.31. The first-order valence-corrected chi connectivity index (χ1v) is 13.0. The minimum Gasteiger partial charge on any atom is -0.319 e. The van der Waals surface area contributed by atoms with Crippen LogP contribution in [0, 0.1) is 0 Å². The van der Waals surface area contributed by atoms with Gasteiger partial charge in [0.05, 0.1) is 23.1 Å². The number of nitrogens with one attached hydrogen (secondary N) is 2. The second-order valence-electron chi connectivity index (χ2n) is 9.64. The second kappa shape index (κ2) is 11.8. The lowest BCUT2D eigenvalue weighted by Gasteiger charge is -2.26. The number of allylic oxidation sites excluding steroid dienone is 1. The Balaban J connectivity index is 1.34. The molecular formula is C31H32N6O. The third-order valence-electron chi connectivity index (χ3n) is 6.84. The van der Waals surface area contributed by atoms with Crippen LogP contribution in [0.5, 0.6) is 0 Å². The molecule has 3 heterocycles. The number of aromatic nitrogens is 3. The first kappa shape index (κ1) is 25.3. The number of aromatic amines is 1. The summed E-state index contributed by atoms with van der Waals surface area (Å²) < 4.78 is 0. The Morgan fingerprint density at radius 2 is 1.92 bits per heavy atom. The van der Waals surface area contributed by atoms with Crippen molar-refractivity contribution in [3.63, 3.8) is 0 Å². The van der Waals surface area contributed by atoms with Crippen LogP contribution < -0.4 is 5.32 Å². The number of benzene rings is 2. The van der Waals surface area contributed by atoms with Crippen molar-refractivity contribution in [2.24, 2.45) is 4.99 Å². The van der Waals surface area contributed by atoms with Crippen molar-refractivity contribution in [2.45, 2.75) is 26.2 Å². The lowest BCUT2D eigenvalue weighted by molar-refractivity contribution is 0.102. The van der Waals surface area contributed by atoms with E-state index in [1.165, 1.54) is 19.3 Å². The standard InChI is InChI=1S/C31H32N6O/c1-22(17-23(19-32-2)21-37-15-7-4-8-16-37)25-11-13-29-27(18-25)30(36-35-29)31(38)34-26-12-14-28(33-20-26)24-9-5-3-6-10-24/h3,5-6,9-14,17-20H,2,4,7-8,15-16,21H2,1H3,(H,34,38)(H,35,36)/b22-17+,23-19+. The summed E-state index contributed by atoms with van der Waals surface area (Å²) in [6, 6.07) is 19.7. The number of hydrogen-bond acceptors (Lipinski definition) is 5. The fraction of sp³-hybridized carbons (Fsp3) is 0.226. The van der Waals surface area contributed by atoms with Crippen molar-refractivity contribution in [3.8, 4) is 11.3 Å². The zero-order chi connectivity index (χ0) is 26.3. The van der Waals surface area contributed by atoms with Gasteiger partial charge in [-0.05, 0) is 80.5 Å². The van der Waals surface area contributed by atoms with Gasteiger partial charge in [0, 0.05) is 23.7 Å². The van der Waals surface area contributed by atoms with Crippen LogP contribution in [0.3, 0.4) is 0 Å². The van der Waals surface area contributed by atoms with Crippen molar-refractivity contribution < 1.29 is 4.79 Å². The average Bonchev–Trinajstić information content (AvgIpc) is 3.38. The van der Waals surface area contributed by atoms with Gasteiger partial charge >= 0.3 is 0 Å². The van der Waals surface area contributed by atoms with Crippen molar-refractivity contribution in [1.29, 1.82) is 0 Å². The number of pyridine rings is 1. The second-order valence-corrected chi connectivity index (χ2v) is 9.64. The number of hydrogen-bond donors (Lipinski definition) is 2. The van der Waals surface area contributed by atoms with Gasteiger partial charge in [-0.2, -0.15) is 5.10 Å². The normalized spacial score (nSPS) is 15.0. The molecule has 38 heavy (non-hydrogen) atoms. The van der Waals surface area contributed by atoms with E-state index in [1.54, 1.807) is 6.20 Å². The summed E-state index contributed by atoms with van der Waals surface area (Å²) in [7, 11) is 0. The van der Waals surface area contributed by atoms with Crippen molar-refractivity contribution >= 4 is 34.8 Å². The van der Waals surface area contributed by atoms with Gasteiger partial charge in [-0.1, -0.05) is 48.9 Å². The molecule has 4 aromatic rings. The zero-order valence-corrected chi connectivity index (χ0v) is 21.7. The summed E-state index contributed by atoms with van der Waals surface area (Å²) >= 11 is 0. The molecule has 1 amide bonds. The SMILES string of the molecule is C=N/C=C(\C=C(/C)c1ccc2[nH]nc(C(=O)Nc3ccc(-c4ccccc4)nc3)c2c1)CN1CCCCC1. The fourth-order valence-electron chi connectivity index (χ4n) is 4.85. The highest BCUT2D eigenvalue weighted by atomic mass is 16.1. The number of aliphatic imine (C=N–C) groups is 1. The van der Waals surface area contributed by atoms with Crippen LogP contribution in [0.25, 0.3) is 27.7 Å². The van der Waals surface area contributed by atoms with Crippen LogP contribution in [0.4, 0.5) is 5.69 Å². The average molecular weight is 505 g/mol. The molecule has 1 fully saturated rings. The Bertz CT molecular complexity index is 1480. The van der Waals surface area contributed by atoms with E-state index in [0.717, 1.165) is 58.5 Å². The number of fused-ring (bicyclic) bond motifs is 1. The Kier molecular flexibility index (Phi) is 7.85. The van der Waals surface area contributed by atoms with Crippen LogP contribution in [0.15, 0.2) is 89.7 Å². The van der Waals surface area contributed by atoms with Gasteiger partial charge < -0.3 is 5.32 Å². The van der Waals surface area contributed by atoms with E-state index in [4.69, 9.17) is 0 Å². The first-order chi connectivity index (χ1) is 18.6. The predicted octanol–water partition coefficient (Wildman–Crippen LogP) is 6.35. The van der Waals surface area contributed by atoms with E-state index in [1.807, 2.05) is 66.9 Å². The van der Waals surface area contributed by atoms with Gasteiger partial charge in [-0.15, -0.1) is 0 Å². The largest absolute Gasteiger partial charge is 0.319 e. The van der Waals surface area contributed by atoms with E-state index < -0.39 is 0 Å². The minimum absolute atomic E-state index is 0.286. The molecule has 0 radical (unpaired) electrons. The summed E-state index contributed by atoms with van der Waals surface area (Å²) in [6.07, 6.45) is 9.45. The van der Waals surface area contributed by atoms with Gasteiger partial charge in [0.1, 0.15) is 0 Å². The molecule has 0 spiro atoms. The maximum absolute atomic E-state index is 13.1. The summed E-state index contributed by atoms with van der Waals surface area (Å²) in [5.41, 5.74) is 6.87. The maximum Gasteiger partial charge on any atom is 0.276 e. The molecule has 0 atom stereocenters. The molecule has 7 heteroatoms. The zero-order valence-electron chi connectivity index (χ0n) is 21.7. The molecule has 5 rings (SSSR count). The predicted molar refractivity (Wildman–Crippen MR) is 155 cm³/mol. The number of anilines is 1. The third-order valence-corrected chi connectivity index (χ3v) is 6.84. The molecule has 2 aromatic carbocycles. The van der Waals surface area contributed by atoms with E-state index in [2.05, 4.69) is 50.1 Å². The number of carbonyl (C=O) groups excluding carboxylic acids is 1. The van der Waals surface area contributed by atoms with Crippen molar-refractivity contribution in [3.05, 3.63) is 96.0 Å². The molecule has 1 aliphatic rings. The Morgan fingerprint density at radius 1 is 1.11 bits per heavy atom. The number of rotatable bonds is 8. The third kappa shape index (κ3) is 5.95. The van der Waals surface area contributed by atoms with Crippen LogP contribution in [0.2, 0.25) is 0 Å². The highest BCUT2D eigenvalue weighted by molar-refractivity contribution is 6.11. The Labute approximate surface area is 223 Å². The Hall–Kier alpha value is -4.36. The molecule has 2 N–H and O–H groups in total. The number of amides is 1. The van der Waals surface area contributed by atoms with E-state index >= 15 is 0 Å². The fourth-order valence-corrected chi connectivity index (χ4v) is 4.85. The van der Waals surface area contributed by atoms with E-state index in [9.17, 15) is 4.79 Å². The Morgan fingerprint density at radius 3 is 2.66 bits per heavy atom. The molecule has 0 bridgehead atoms. The minimum atomic E-state index is -0.286. The number of H-pyrrole nitrogens is 1. The molecule has 1 saturated heterocycles. The summed E-state index contributed by atoms with van der Waals surface area (Å²) in [6.45, 7) is 8.82. The highest BCUT2D eigenvalue weighted by Gasteiger charge is 2.16. The molecular weight excluding hydrogens is 472 g/mol. The van der Waals surface area contributed by atoms with Crippen molar-refractivity contribution in [2.75, 3.05) is 25.0 Å². The smallest absolute Gasteiger partial charge is 0.276 e. The monoisotopic (exact) mass is 504 g/mol. The van der Waals surface area contributed by atoms with Crippen LogP contribution in [-0.2, 0) is 0 Å². The summed E-state index contributed by atoms with van der Waals surface area (Å²) in [4.78, 5) is 24.1. The first-order valence-electron chi connectivity index (χ1n) is 13.0. The molecule has 0 aliphatic carbocycles. The van der Waals surface area contributed by atoms with Gasteiger partial charge in [0.2, 0.25) is 0 Å². The van der Waals surface area contributed by atoms with Gasteiger partial charge in [-0.25, -0.2) is 0 Å². The number of nitrogens with zero attached hydrogens (tertiary/aromatic N) is 4. The summed E-state index contributed by atoms with van der Waals surface area (Å²) in [5, 5.41) is 11.0. The number of piperidine rings is 1. The van der Waals surface area contributed by atoms with Crippen LogP contribution >= 0.6 is 0 Å². The highest BCUT2D eigenvalue weighted by Crippen LogP contribution is 2.25. The van der Waals surface area contributed by atoms with E-state index in [0.29, 0.717) is 11.4 Å². The van der Waals surface area contributed by atoms with Gasteiger partial charge in [0.25, 0.3) is 5.91 Å². The number of likely N-dealkylation sites (tertiary alicyclic amines) is 1. The van der Waals surface area contributed by atoms with Crippen molar-refractivity contribution in [1.82, 2.24) is 20.1 Å². The van der Waals surface area contributed by atoms with Gasteiger partial charge in [-0.3, -0.25) is 24.8 Å². The molecule has 7 nitrogen and oxygen atoms in total. The molecule has 1 aliphatic heterocycles. The summed E-state index contributed by atoms with van der Waals surface area (Å²) in [5.74, 6) is -0.286. The molecule has 0 unspecified atom stereocenters. The maximum atomic E-state index is 13.1. The molecule has 2 aromatic heterocycles. The van der Waals surface area contributed by atoms with E-state index in [-0.39, 0.29) is 5.91 Å². The number of carbonyl (C=O) groups is 1. The van der Waals surface area contributed by atoms with Crippen LogP contribution in [0.1, 0.15) is 42.2 Å². The van der Waals surface area contributed by atoms with Crippen LogP contribution in [-0.4, -0.2) is 52.3 Å².